The molecule has 0 spiro atoms. The monoisotopic (exact) mass is 1290 g/mol. The molecule has 0 aliphatic carbocycles. The summed E-state index contributed by atoms with van der Waals surface area (Å²) in [4.78, 5) is 72.2. The Morgan fingerprint density at radius 2 is 0.545 bits per heavy atom. The van der Waals surface area contributed by atoms with Crippen LogP contribution in [0.5, 0.6) is 0 Å². The molecule has 0 rings (SSSR count). The molecule has 0 heterocycles. The summed E-state index contributed by atoms with van der Waals surface area (Å²) in [5, 5.41) is 10.5. The fraction of sp³-hybridized carbons (Fsp3) is 0.884. The molecule has 88 heavy (non-hydrogen) atoms. The van der Waals surface area contributed by atoms with Crippen molar-refractivity contribution in [1.82, 2.24) is 0 Å². The normalized spacial score (nSPS) is 14.2. The maximum atomic E-state index is 13.0. The zero-order valence-electron chi connectivity index (χ0n) is 56.2. The second kappa shape index (κ2) is 63.3. The van der Waals surface area contributed by atoms with Crippen LogP contribution in [0.25, 0.3) is 0 Å². The van der Waals surface area contributed by atoms with E-state index in [4.69, 9.17) is 37.0 Å². The van der Waals surface area contributed by atoms with Crippen LogP contribution in [0, 0.1) is 0 Å². The molecule has 17 nitrogen and oxygen atoms in total. The second-order valence-corrected chi connectivity index (χ2v) is 27.1. The highest BCUT2D eigenvalue weighted by Crippen LogP contribution is 2.45. The predicted molar refractivity (Wildman–Crippen MR) is 354 cm³/mol. The lowest BCUT2D eigenvalue weighted by Crippen LogP contribution is -2.30. The van der Waals surface area contributed by atoms with Crippen LogP contribution < -0.4 is 0 Å². The molecule has 0 saturated carbocycles. The fourth-order valence-corrected chi connectivity index (χ4v) is 11.6. The number of phosphoric ester groups is 2. The fourth-order valence-electron chi connectivity index (χ4n) is 9.98. The first-order valence-corrected chi connectivity index (χ1v) is 38.6. The van der Waals surface area contributed by atoms with Gasteiger partial charge in [0, 0.05) is 25.7 Å². The van der Waals surface area contributed by atoms with Crippen molar-refractivity contribution in [3.63, 3.8) is 0 Å². The summed E-state index contributed by atoms with van der Waals surface area (Å²) in [6.07, 6.45) is 53.9. The van der Waals surface area contributed by atoms with Gasteiger partial charge in [0.05, 0.1) is 26.4 Å². The number of aliphatic hydroxyl groups excluding tert-OH is 1. The van der Waals surface area contributed by atoms with Crippen LogP contribution in [0.15, 0.2) is 24.3 Å². The maximum absolute atomic E-state index is 13.0. The minimum absolute atomic E-state index is 0.102. The van der Waals surface area contributed by atoms with E-state index in [1.165, 1.54) is 141 Å². The number of phosphoric acid groups is 2. The first kappa shape index (κ1) is 85.5. The van der Waals surface area contributed by atoms with Gasteiger partial charge in [0.15, 0.2) is 12.2 Å². The van der Waals surface area contributed by atoms with Gasteiger partial charge in [-0.15, -0.1) is 0 Å². The van der Waals surface area contributed by atoms with Gasteiger partial charge in [-0.25, -0.2) is 9.13 Å². The van der Waals surface area contributed by atoms with Gasteiger partial charge in [-0.3, -0.25) is 37.3 Å². The summed E-state index contributed by atoms with van der Waals surface area (Å²) in [6, 6.07) is 0. The van der Waals surface area contributed by atoms with Gasteiger partial charge in [-0.05, 0) is 51.4 Å². The number of carbonyl (C=O) groups is 4. The molecule has 2 unspecified atom stereocenters. The molecular formula is C69H130O17P2. The molecule has 19 heteroatoms. The Morgan fingerprint density at radius 1 is 0.318 bits per heavy atom. The Kier molecular flexibility index (Phi) is 61.5. The summed E-state index contributed by atoms with van der Waals surface area (Å²) in [7, 11) is -9.90. The summed E-state index contributed by atoms with van der Waals surface area (Å²) < 4.78 is 68.0. The van der Waals surface area contributed by atoms with Crippen molar-refractivity contribution in [2.24, 2.45) is 0 Å². The number of carbonyl (C=O) groups excluding carboxylic acids is 4. The molecule has 0 aliphatic heterocycles. The largest absolute Gasteiger partial charge is 0.472 e. The Labute approximate surface area is 535 Å². The highest BCUT2D eigenvalue weighted by molar-refractivity contribution is 7.47. The summed E-state index contributed by atoms with van der Waals surface area (Å²) in [5.74, 6) is -2.16. The number of esters is 4. The molecule has 0 aromatic carbocycles. The third kappa shape index (κ3) is 62.4. The average Bonchev–Trinajstić information content (AvgIpc) is 3.51. The number of aliphatic hydroxyl groups is 1. The summed E-state index contributed by atoms with van der Waals surface area (Å²) in [6.45, 7) is 4.78. The van der Waals surface area contributed by atoms with E-state index >= 15 is 0 Å². The van der Waals surface area contributed by atoms with E-state index in [1.807, 2.05) is 0 Å². The number of ether oxygens (including phenoxy) is 4. The number of hydrogen-bond donors (Lipinski definition) is 3. The molecule has 5 atom stereocenters. The van der Waals surface area contributed by atoms with Crippen molar-refractivity contribution in [2.75, 3.05) is 39.6 Å². The highest BCUT2D eigenvalue weighted by Gasteiger charge is 2.30. The van der Waals surface area contributed by atoms with Crippen LogP contribution in [0.4, 0.5) is 0 Å². The van der Waals surface area contributed by atoms with Gasteiger partial charge < -0.3 is 33.8 Å². The van der Waals surface area contributed by atoms with E-state index in [1.54, 1.807) is 0 Å². The van der Waals surface area contributed by atoms with Crippen molar-refractivity contribution in [1.29, 1.82) is 0 Å². The van der Waals surface area contributed by atoms with Crippen LogP contribution in [-0.2, 0) is 65.4 Å². The Balaban J connectivity index is 5.19. The average molecular weight is 1290 g/mol. The van der Waals surface area contributed by atoms with Crippen molar-refractivity contribution in [3.05, 3.63) is 24.3 Å². The van der Waals surface area contributed by atoms with Crippen LogP contribution in [0.1, 0.15) is 336 Å². The molecule has 0 aromatic heterocycles. The highest BCUT2D eigenvalue weighted by atomic mass is 31.2. The molecule has 0 bridgehead atoms. The number of hydrogen-bond acceptors (Lipinski definition) is 15. The zero-order chi connectivity index (χ0) is 64.7. The molecule has 0 amide bonds. The lowest BCUT2D eigenvalue weighted by atomic mass is 10.0. The van der Waals surface area contributed by atoms with E-state index < -0.39 is 97.5 Å². The minimum Gasteiger partial charge on any atom is -0.462 e. The van der Waals surface area contributed by atoms with Crippen molar-refractivity contribution in [3.8, 4) is 0 Å². The van der Waals surface area contributed by atoms with Gasteiger partial charge in [-0.2, -0.15) is 0 Å². The van der Waals surface area contributed by atoms with Crippen molar-refractivity contribution >= 4 is 39.5 Å². The Bertz CT molecular complexity index is 1780. The number of rotatable bonds is 68. The van der Waals surface area contributed by atoms with E-state index in [0.29, 0.717) is 25.7 Å². The van der Waals surface area contributed by atoms with Crippen molar-refractivity contribution < 1.29 is 80.2 Å². The molecule has 3 N–H and O–H groups in total. The van der Waals surface area contributed by atoms with Crippen LogP contribution >= 0.6 is 15.6 Å². The standard InChI is InChI=1S/C69H130O17P2/c1-5-9-13-17-20-23-26-28-30-31-33-35-38-41-44-48-52-56-69(74)86-65(60-80-67(72)54-50-46-42-39-37-34-32-29-27-24-21-18-14-10-6-2)62-84-88(77,78)82-58-63(70)57-81-87(75,76)83-61-64(59-79-66(71)53-49-45-16-12-8-4)85-68(73)55-51-47-43-40-36-25-22-19-15-11-7-3/h24,27,29,32,63-65,70H,5-23,25-26,28,30-31,33-62H2,1-4H3,(H,75,76)(H,77,78)/b27-24-,32-29-/t63-,64+,65+/m0/s1. The molecule has 0 aliphatic rings. The lowest BCUT2D eigenvalue weighted by Gasteiger charge is -2.21. The summed E-state index contributed by atoms with van der Waals surface area (Å²) in [5.41, 5.74) is 0. The van der Waals surface area contributed by atoms with Gasteiger partial charge in [-0.1, -0.05) is 283 Å². The molecule has 0 fully saturated rings. The van der Waals surface area contributed by atoms with Crippen LogP contribution in [-0.4, -0.2) is 96.7 Å². The van der Waals surface area contributed by atoms with Gasteiger partial charge in [0.25, 0.3) is 0 Å². The van der Waals surface area contributed by atoms with E-state index in [0.717, 1.165) is 116 Å². The van der Waals surface area contributed by atoms with Gasteiger partial charge in [0.1, 0.15) is 19.3 Å². The second-order valence-electron chi connectivity index (χ2n) is 24.2. The minimum atomic E-state index is -4.96. The molecule has 0 aromatic rings. The Morgan fingerprint density at radius 3 is 0.830 bits per heavy atom. The number of unbranched alkanes of at least 4 members (excludes halogenated alkanes) is 39. The van der Waals surface area contributed by atoms with Crippen molar-refractivity contribution in [2.45, 2.75) is 354 Å². The van der Waals surface area contributed by atoms with Gasteiger partial charge >= 0.3 is 39.5 Å². The summed E-state index contributed by atoms with van der Waals surface area (Å²) >= 11 is 0. The first-order chi connectivity index (χ1) is 42.7. The molecule has 0 saturated heterocycles. The van der Waals surface area contributed by atoms with E-state index in [-0.39, 0.29) is 25.7 Å². The molecule has 518 valence electrons. The quantitative estimate of drug-likeness (QED) is 0.0169. The third-order valence-electron chi connectivity index (χ3n) is 15.5. The van der Waals surface area contributed by atoms with Crippen LogP contribution in [0.2, 0.25) is 0 Å². The predicted octanol–water partition coefficient (Wildman–Crippen LogP) is 19.4. The number of allylic oxidation sites excluding steroid dienone is 4. The van der Waals surface area contributed by atoms with Crippen LogP contribution in [0.3, 0.4) is 0 Å². The Hall–Kier alpha value is -2.46. The topological polar surface area (TPSA) is 237 Å². The maximum Gasteiger partial charge on any atom is 0.472 e. The first-order valence-electron chi connectivity index (χ1n) is 35.6. The molecular weight excluding hydrogens is 1160 g/mol. The molecule has 0 radical (unpaired) electrons. The lowest BCUT2D eigenvalue weighted by molar-refractivity contribution is -0.161. The van der Waals surface area contributed by atoms with E-state index in [2.05, 4.69) is 52.0 Å². The SMILES string of the molecule is CCCCCC/C=C\C=C/CCCCCCCC(=O)OC[C@H](COP(=O)(O)OC[C@@H](O)COP(=O)(O)OC[C@@H](COC(=O)CCCCCCC)OC(=O)CCCCCCCCCCCCC)OC(=O)CCCCCCCCCCCCCCCCCCC. The smallest absolute Gasteiger partial charge is 0.462 e. The third-order valence-corrected chi connectivity index (χ3v) is 17.4. The van der Waals surface area contributed by atoms with E-state index in [9.17, 15) is 43.2 Å². The van der Waals surface area contributed by atoms with Gasteiger partial charge in [0.2, 0.25) is 0 Å². The zero-order valence-corrected chi connectivity index (χ0v) is 58.0.